The molecule has 0 fully saturated rings. The lowest BCUT2D eigenvalue weighted by Gasteiger charge is -2.16. The van der Waals surface area contributed by atoms with E-state index in [2.05, 4.69) is 14.2 Å². The molecular weight excluding hydrogens is 315 g/mol. The molecule has 1 aromatic carbocycles. The van der Waals surface area contributed by atoms with Crippen LogP contribution in [0.1, 0.15) is 18.5 Å². The largest absolute Gasteiger partial charge is 0.586 e. The van der Waals surface area contributed by atoms with Gasteiger partial charge in [-0.3, -0.25) is 0 Å². The number of nitrogens with two attached hydrogens (primary N) is 1. The van der Waals surface area contributed by atoms with Crippen LogP contribution in [0.2, 0.25) is 0 Å². The summed E-state index contributed by atoms with van der Waals surface area (Å²) in [7, 11) is 0. The molecule has 0 aromatic heterocycles. The number of alkyl halides is 3. The maximum absolute atomic E-state index is 13.7. The van der Waals surface area contributed by atoms with Crippen LogP contribution in [0.15, 0.2) is 18.2 Å². The third kappa shape index (κ3) is 3.70. The Bertz CT molecular complexity index is 529. The Morgan fingerprint density at radius 2 is 2.00 bits per heavy atom. The second-order valence-corrected chi connectivity index (χ2v) is 4.05. The molecule has 2 N–H and O–H groups in total. The van der Waals surface area contributed by atoms with Crippen molar-refractivity contribution >= 4 is 18.4 Å². The Kier molecular flexibility index (Phi) is 5.30. The van der Waals surface area contributed by atoms with Gasteiger partial charge in [-0.15, -0.1) is 21.2 Å². The van der Waals surface area contributed by atoms with E-state index >= 15 is 0 Å². The van der Waals surface area contributed by atoms with E-state index in [0.717, 1.165) is 6.07 Å². The second kappa shape index (κ2) is 6.40. The van der Waals surface area contributed by atoms with E-state index < -0.39 is 24.5 Å². The number of hydrogen-bond donors (Lipinski definition) is 1. The van der Waals surface area contributed by atoms with Crippen molar-refractivity contribution in [2.45, 2.75) is 25.4 Å². The lowest BCUT2D eigenvalue weighted by atomic mass is 10.0. The molecule has 0 bridgehead atoms. The maximum atomic E-state index is 13.7. The quantitative estimate of drug-likeness (QED) is 0.859. The number of esters is 1. The van der Waals surface area contributed by atoms with Gasteiger partial charge in [0.2, 0.25) is 6.17 Å². The number of rotatable bonds is 4. The van der Waals surface area contributed by atoms with Crippen LogP contribution in [0, 0.1) is 0 Å². The van der Waals surface area contributed by atoms with Gasteiger partial charge >= 0.3 is 12.3 Å². The summed E-state index contributed by atoms with van der Waals surface area (Å²) >= 11 is 0. The van der Waals surface area contributed by atoms with Crippen molar-refractivity contribution in [1.29, 1.82) is 0 Å². The van der Waals surface area contributed by atoms with Crippen molar-refractivity contribution in [3.05, 3.63) is 23.8 Å². The molecule has 1 aliphatic heterocycles. The average Bonchev–Trinajstić information content (AvgIpc) is 2.69. The Morgan fingerprint density at radius 1 is 1.38 bits per heavy atom. The monoisotopic (exact) mass is 327 g/mol. The van der Waals surface area contributed by atoms with Gasteiger partial charge in [0.15, 0.2) is 11.5 Å². The summed E-state index contributed by atoms with van der Waals surface area (Å²) in [5.74, 6) is -1.56. The minimum Gasteiger partial charge on any atom is -0.464 e. The lowest BCUT2D eigenvalue weighted by Crippen LogP contribution is -2.31. The Morgan fingerprint density at radius 3 is 2.62 bits per heavy atom. The SMILES string of the molecule is CCOC(=O)C(F)[C@@H](N)c1ccc2c(c1)OC(F)(F)O2.Cl. The minimum atomic E-state index is -3.76. The van der Waals surface area contributed by atoms with E-state index in [-0.39, 0.29) is 36.1 Å². The van der Waals surface area contributed by atoms with Crippen LogP contribution in [0.25, 0.3) is 0 Å². The summed E-state index contributed by atoms with van der Waals surface area (Å²) in [5.41, 5.74) is 5.69. The minimum absolute atomic E-state index is 0. The van der Waals surface area contributed by atoms with Gasteiger partial charge in [0.05, 0.1) is 12.6 Å². The normalized spacial score (nSPS) is 17.6. The van der Waals surface area contributed by atoms with Crippen LogP contribution in [0.3, 0.4) is 0 Å². The molecule has 9 heteroatoms. The molecule has 118 valence electrons. The first kappa shape index (κ1) is 17.4. The molecule has 2 atom stereocenters. The summed E-state index contributed by atoms with van der Waals surface area (Å²) in [6.07, 6.45) is -5.86. The van der Waals surface area contributed by atoms with Gasteiger partial charge in [-0.2, -0.15) is 0 Å². The van der Waals surface area contributed by atoms with E-state index in [0.29, 0.717) is 0 Å². The number of carbonyl (C=O) groups is 1. The number of carbonyl (C=O) groups excluding carboxylic acids is 1. The molecule has 21 heavy (non-hydrogen) atoms. The maximum Gasteiger partial charge on any atom is 0.586 e. The van der Waals surface area contributed by atoms with Crippen LogP contribution in [0.5, 0.6) is 11.5 Å². The first-order chi connectivity index (χ1) is 9.34. The summed E-state index contributed by atoms with van der Waals surface area (Å²) in [5, 5.41) is 0. The highest BCUT2D eigenvalue weighted by Gasteiger charge is 2.43. The number of hydrogen-bond acceptors (Lipinski definition) is 5. The Labute approximate surface area is 124 Å². The molecule has 1 heterocycles. The first-order valence-electron chi connectivity index (χ1n) is 5.80. The summed E-state index contributed by atoms with van der Waals surface area (Å²) < 4.78 is 52.3. The smallest absolute Gasteiger partial charge is 0.464 e. The number of ether oxygens (including phenoxy) is 3. The van der Waals surface area contributed by atoms with Gasteiger partial charge in [-0.25, -0.2) is 9.18 Å². The van der Waals surface area contributed by atoms with E-state index in [1.54, 1.807) is 0 Å². The highest BCUT2D eigenvalue weighted by Crippen LogP contribution is 2.42. The van der Waals surface area contributed by atoms with Gasteiger partial charge in [-0.1, -0.05) is 6.07 Å². The topological polar surface area (TPSA) is 70.8 Å². The molecular formula is C12H13ClF3NO4. The van der Waals surface area contributed by atoms with Gasteiger partial charge in [0.25, 0.3) is 0 Å². The van der Waals surface area contributed by atoms with E-state index in [9.17, 15) is 18.0 Å². The highest BCUT2D eigenvalue weighted by molar-refractivity contribution is 5.85. The van der Waals surface area contributed by atoms with Crippen molar-refractivity contribution in [1.82, 2.24) is 0 Å². The van der Waals surface area contributed by atoms with Crippen LogP contribution >= 0.6 is 12.4 Å². The first-order valence-corrected chi connectivity index (χ1v) is 5.80. The molecule has 0 saturated heterocycles. The fraction of sp³-hybridized carbons (Fsp3) is 0.417. The Balaban J connectivity index is 0.00000220. The van der Waals surface area contributed by atoms with Crippen molar-refractivity contribution in [2.75, 3.05) is 6.61 Å². The lowest BCUT2D eigenvalue weighted by molar-refractivity contribution is -0.286. The van der Waals surface area contributed by atoms with Gasteiger partial charge in [0, 0.05) is 0 Å². The summed E-state index contributed by atoms with van der Waals surface area (Å²) in [6, 6.07) is 2.20. The van der Waals surface area contributed by atoms with Crippen LogP contribution in [0.4, 0.5) is 13.2 Å². The molecule has 0 amide bonds. The standard InChI is InChI=1S/C12H12F3NO4.ClH/c1-2-18-11(17)9(13)10(16)6-3-4-7-8(5-6)20-12(14,15)19-7;/h3-5,9-10H,2,16H2,1H3;1H/t9?,10-;/m0./s1. The molecule has 0 aliphatic carbocycles. The van der Waals surface area contributed by atoms with Gasteiger partial charge < -0.3 is 19.9 Å². The van der Waals surface area contributed by atoms with Crippen LogP contribution < -0.4 is 15.2 Å². The molecule has 0 saturated carbocycles. The third-order valence-corrected chi connectivity index (χ3v) is 2.64. The van der Waals surface area contributed by atoms with E-state index in [4.69, 9.17) is 5.73 Å². The predicted molar refractivity (Wildman–Crippen MR) is 68.4 cm³/mol. The van der Waals surface area contributed by atoms with Crippen molar-refractivity contribution in [3.63, 3.8) is 0 Å². The molecule has 1 aromatic rings. The molecule has 0 radical (unpaired) electrons. The third-order valence-electron chi connectivity index (χ3n) is 2.64. The van der Waals surface area contributed by atoms with Crippen molar-refractivity contribution < 1.29 is 32.2 Å². The number of halogens is 4. The van der Waals surface area contributed by atoms with Crippen molar-refractivity contribution in [3.8, 4) is 11.5 Å². The zero-order valence-electron chi connectivity index (χ0n) is 10.8. The fourth-order valence-electron chi connectivity index (χ4n) is 1.71. The molecule has 1 aliphatic rings. The van der Waals surface area contributed by atoms with Gasteiger partial charge in [-0.05, 0) is 24.6 Å². The second-order valence-electron chi connectivity index (χ2n) is 4.05. The zero-order chi connectivity index (χ0) is 14.9. The van der Waals surface area contributed by atoms with Crippen LogP contribution in [-0.4, -0.2) is 25.0 Å². The Hall–Kier alpha value is -1.67. The van der Waals surface area contributed by atoms with E-state index in [1.807, 2.05) is 0 Å². The molecule has 5 nitrogen and oxygen atoms in total. The van der Waals surface area contributed by atoms with Crippen molar-refractivity contribution in [2.24, 2.45) is 5.73 Å². The number of fused-ring (bicyclic) bond motifs is 1. The van der Waals surface area contributed by atoms with Gasteiger partial charge in [0.1, 0.15) is 0 Å². The number of benzene rings is 1. The molecule has 0 spiro atoms. The molecule has 2 rings (SSSR count). The van der Waals surface area contributed by atoms with Crippen LogP contribution in [-0.2, 0) is 9.53 Å². The zero-order valence-corrected chi connectivity index (χ0v) is 11.7. The van der Waals surface area contributed by atoms with E-state index in [1.165, 1.54) is 19.1 Å². The summed E-state index contributed by atoms with van der Waals surface area (Å²) in [4.78, 5) is 11.2. The average molecular weight is 328 g/mol. The molecule has 1 unspecified atom stereocenters. The fourth-order valence-corrected chi connectivity index (χ4v) is 1.71. The predicted octanol–water partition coefficient (Wildman–Crippen LogP) is 2.33. The summed E-state index contributed by atoms with van der Waals surface area (Å²) in [6.45, 7) is 1.54. The highest BCUT2D eigenvalue weighted by atomic mass is 35.5.